The zero-order valence-corrected chi connectivity index (χ0v) is 25.0. The number of nitrogens with one attached hydrogen (secondary N) is 2. The highest BCUT2D eigenvalue weighted by molar-refractivity contribution is 7.84. The molecule has 2 aliphatic rings. The van der Waals surface area contributed by atoms with Crippen molar-refractivity contribution in [3.63, 3.8) is 0 Å². The van der Waals surface area contributed by atoms with E-state index in [2.05, 4.69) is 20.0 Å². The van der Waals surface area contributed by atoms with E-state index in [-0.39, 0.29) is 24.7 Å². The first-order valence-corrected chi connectivity index (χ1v) is 16.2. The number of benzene rings is 1. The van der Waals surface area contributed by atoms with E-state index in [1.54, 1.807) is 0 Å². The first-order valence-electron chi connectivity index (χ1n) is 13.6. The van der Waals surface area contributed by atoms with Crippen molar-refractivity contribution in [3.05, 3.63) is 74.3 Å². The Labute approximate surface area is 248 Å². The monoisotopic (exact) mass is 620 g/mol. The van der Waals surface area contributed by atoms with Gasteiger partial charge < -0.3 is 15.2 Å². The van der Waals surface area contributed by atoms with Gasteiger partial charge in [-0.1, -0.05) is 23.7 Å². The molecule has 10 nitrogen and oxygen atoms in total. The summed E-state index contributed by atoms with van der Waals surface area (Å²) in [5, 5.41) is 14.3. The maximum absolute atomic E-state index is 13.8. The minimum absolute atomic E-state index is 0.201. The third kappa shape index (κ3) is 7.69. The van der Waals surface area contributed by atoms with E-state index in [1.807, 2.05) is 30.3 Å². The van der Waals surface area contributed by atoms with Crippen LogP contribution in [-0.2, 0) is 32.1 Å². The topological polar surface area (TPSA) is 140 Å². The van der Waals surface area contributed by atoms with Gasteiger partial charge in [0.25, 0.3) is 0 Å². The van der Waals surface area contributed by atoms with Gasteiger partial charge in [0.15, 0.2) is 0 Å². The molecule has 1 saturated carbocycles. The first-order chi connectivity index (χ1) is 19.7. The van der Waals surface area contributed by atoms with Crippen LogP contribution in [0.2, 0.25) is 5.02 Å². The molecule has 220 valence electrons. The van der Waals surface area contributed by atoms with Crippen LogP contribution in [-0.4, -0.2) is 67.8 Å². The fraction of sp³-hybridized carbons (Fsp3) is 0.464. The summed E-state index contributed by atoms with van der Waals surface area (Å²) in [7, 11) is -2.72. The van der Waals surface area contributed by atoms with Crippen LogP contribution in [0.1, 0.15) is 56.9 Å². The van der Waals surface area contributed by atoms with E-state index in [0.29, 0.717) is 33.6 Å². The summed E-state index contributed by atoms with van der Waals surface area (Å²) in [4.78, 5) is 24.0. The van der Waals surface area contributed by atoms with Crippen LogP contribution < -0.4 is 10.0 Å². The van der Waals surface area contributed by atoms with Crippen molar-refractivity contribution in [3.8, 4) is 0 Å². The number of hydrogen-bond acceptors (Lipinski definition) is 10. The van der Waals surface area contributed by atoms with Gasteiger partial charge in [-0.2, -0.15) is 13.1 Å². The molecule has 3 atom stereocenters. The van der Waals surface area contributed by atoms with Gasteiger partial charge in [0.2, 0.25) is 5.78 Å². The van der Waals surface area contributed by atoms with E-state index in [4.69, 9.17) is 20.5 Å². The lowest BCUT2D eigenvalue weighted by Crippen LogP contribution is -2.31. The predicted octanol–water partition coefficient (Wildman–Crippen LogP) is 3.77. The maximum atomic E-state index is 13.8. The van der Waals surface area contributed by atoms with Crippen molar-refractivity contribution in [2.45, 2.75) is 56.8 Å². The van der Waals surface area contributed by atoms with E-state index in [9.17, 15) is 18.3 Å². The van der Waals surface area contributed by atoms with Gasteiger partial charge in [-0.3, -0.25) is 8.98 Å². The second kappa shape index (κ2) is 13.2. The predicted molar refractivity (Wildman–Crippen MR) is 157 cm³/mol. The van der Waals surface area contributed by atoms with E-state index in [0.717, 1.165) is 43.6 Å². The third-order valence-corrected chi connectivity index (χ3v) is 9.92. The molecule has 1 aromatic carbocycles. The van der Waals surface area contributed by atoms with Crippen molar-refractivity contribution in [1.29, 1.82) is 0 Å². The van der Waals surface area contributed by atoms with Crippen molar-refractivity contribution >= 4 is 44.8 Å². The van der Waals surface area contributed by atoms with Crippen LogP contribution in [0.3, 0.4) is 0 Å². The van der Waals surface area contributed by atoms with Gasteiger partial charge >= 0.3 is 10.3 Å². The van der Waals surface area contributed by atoms with Crippen molar-refractivity contribution in [1.82, 2.24) is 14.7 Å². The number of aromatic nitrogens is 2. The molecule has 13 heteroatoms. The molecule has 2 aromatic heterocycles. The molecule has 0 unspecified atom stereocenters. The Bertz CT molecular complexity index is 1480. The summed E-state index contributed by atoms with van der Waals surface area (Å²) in [6, 6.07) is 9.36. The average molecular weight is 621 g/mol. The highest BCUT2D eigenvalue weighted by Crippen LogP contribution is 2.33. The molecule has 2 fully saturated rings. The molecule has 3 N–H and O–H groups in total. The molecule has 41 heavy (non-hydrogen) atoms. The molecule has 1 aliphatic carbocycles. The molecular formula is C28H33ClN4O6S2. The number of anilines is 1. The molecule has 0 radical (unpaired) electrons. The average Bonchev–Trinajstić information content (AvgIpc) is 3.50. The summed E-state index contributed by atoms with van der Waals surface area (Å²) in [6.45, 7) is 1.51. The fourth-order valence-corrected chi connectivity index (χ4v) is 7.42. The molecule has 1 saturated heterocycles. The first kappa shape index (κ1) is 30.0. The van der Waals surface area contributed by atoms with Crippen molar-refractivity contribution in [2.24, 2.45) is 5.92 Å². The Balaban J connectivity index is 1.37. The zero-order valence-electron chi connectivity index (χ0n) is 22.6. The van der Waals surface area contributed by atoms with Crippen LogP contribution >= 0.6 is 22.9 Å². The van der Waals surface area contributed by atoms with Crippen LogP contribution in [0.15, 0.2) is 42.9 Å². The minimum Gasteiger partial charge on any atom is -0.390 e. The summed E-state index contributed by atoms with van der Waals surface area (Å²) in [6.07, 6.45) is 4.91. The lowest BCUT2D eigenvalue weighted by atomic mass is 9.93. The number of nitrogens with zero attached hydrogens (tertiary/aromatic N) is 2. The van der Waals surface area contributed by atoms with Gasteiger partial charge in [0.05, 0.1) is 16.5 Å². The molecule has 3 aromatic rings. The second-order valence-corrected chi connectivity index (χ2v) is 13.5. The summed E-state index contributed by atoms with van der Waals surface area (Å²) in [5.74, 6) is 0.624. The van der Waals surface area contributed by atoms with Crippen LogP contribution in [0, 0.1) is 5.92 Å². The Morgan fingerprint density at radius 1 is 1.24 bits per heavy atom. The number of ketones is 1. The van der Waals surface area contributed by atoms with Crippen LogP contribution in [0.25, 0.3) is 0 Å². The number of thiophene rings is 1. The fourth-order valence-electron chi connectivity index (χ4n) is 5.33. The van der Waals surface area contributed by atoms with E-state index in [1.165, 1.54) is 35.8 Å². The summed E-state index contributed by atoms with van der Waals surface area (Å²) >= 11 is 7.74. The standard InChI is InChI=1S/C28H33ClN4O6S2/c1-30-41(36,37)39-24-14-21(13-23(24)34)33-28-22(15-31-16-32-28)27(35)26-12-19(9-18-3-2-4-20(29)10-18)25(40-26)11-17-5-7-38-8-6-17/h2-4,10,12,15-17,21,23-24,30,34H,5-9,11,13-14H2,1H3,(H,31,32,33)/t21-,23+,24-/m1/s1. The summed E-state index contributed by atoms with van der Waals surface area (Å²) in [5.41, 5.74) is 2.48. The molecule has 0 spiro atoms. The molecule has 5 rings (SSSR count). The molecule has 0 amide bonds. The number of aliphatic hydroxyl groups excluding tert-OH is 1. The SMILES string of the molecule is CNS(=O)(=O)O[C@@H]1C[C@H](Nc2ncncc2C(=O)c2cc(Cc3cccc(Cl)c3)c(CC3CCOCC3)s2)C[C@@H]1O. The Morgan fingerprint density at radius 3 is 2.80 bits per heavy atom. The van der Waals surface area contributed by atoms with Gasteiger partial charge in [0.1, 0.15) is 18.2 Å². The lowest BCUT2D eigenvalue weighted by Gasteiger charge is -2.21. The van der Waals surface area contributed by atoms with Crippen molar-refractivity contribution < 1.29 is 27.2 Å². The second-order valence-electron chi connectivity index (χ2n) is 10.4. The van der Waals surface area contributed by atoms with E-state index < -0.39 is 22.5 Å². The number of ether oxygens (including phenoxy) is 1. The lowest BCUT2D eigenvalue weighted by molar-refractivity contribution is 0.0636. The molecule has 3 heterocycles. The highest BCUT2D eigenvalue weighted by Gasteiger charge is 2.37. The largest absolute Gasteiger partial charge is 0.390 e. The smallest absolute Gasteiger partial charge is 0.335 e. The molecular weight excluding hydrogens is 588 g/mol. The maximum Gasteiger partial charge on any atom is 0.335 e. The normalized spacial score (nSPS) is 21.7. The van der Waals surface area contributed by atoms with Crippen LogP contribution in [0.4, 0.5) is 5.82 Å². The highest BCUT2D eigenvalue weighted by atomic mass is 35.5. The Hall–Kier alpha value is -2.45. The number of carbonyl (C=O) groups is 1. The Morgan fingerprint density at radius 2 is 2.05 bits per heavy atom. The van der Waals surface area contributed by atoms with Crippen molar-refractivity contribution in [2.75, 3.05) is 25.6 Å². The summed E-state index contributed by atoms with van der Waals surface area (Å²) < 4.78 is 36.3. The van der Waals surface area contributed by atoms with Gasteiger partial charge in [-0.05, 0) is 73.8 Å². The van der Waals surface area contributed by atoms with Gasteiger partial charge in [-0.15, -0.1) is 11.3 Å². The minimum atomic E-state index is -3.96. The number of rotatable bonds is 11. The molecule has 0 bridgehead atoms. The Kier molecular flexibility index (Phi) is 9.70. The van der Waals surface area contributed by atoms with Gasteiger partial charge in [-0.25, -0.2) is 9.97 Å². The number of carbonyl (C=O) groups excluding carboxylic acids is 1. The quantitative estimate of drug-likeness (QED) is 0.273. The number of hydrogen-bond donors (Lipinski definition) is 3. The molecule has 1 aliphatic heterocycles. The number of halogens is 1. The number of aliphatic hydroxyl groups is 1. The van der Waals surface area contributed by atoms with E-state index >= 15 is 0 Å². The third-order valence-electron chi connectivity index (χ3n) is 7.49. The zero-order chi connectivity index (χ0) is 29.0. The van der Waals surface area contributed by atoms with Gasteiger partial charge in [0, 0.05) is 42.4 Å². The van der Waals surface area contributed by atoms with Crippen LogP contribution in [0.5, 0.6) is 0 Å².